The number of ether oxygens (including phenoxy) is 1. The van der Waals surface area contributed by atoms with Gasteiger partial charge in [0.25, 0.3) is 0 Å². The van der Waals surface area contributed by atoms with Crippen LogP contribution in [0.3, 0.4) is 0 Å². The molecular formula is C16H25NO2. The van der Waals surface area contributed by atoms with Gasteiger partial charge in [-0.05, 0) is 38.1 Å². The summed E-state index contributed by atoms with van der Waals surface area (Å²) >= 11 is 0. The second-order valence-corrected chi connectivity index (χ2v) is 4.84. The summed E-state index contributed by atoms with van der Waals surface area (Å²) in [5, 5.41) is 0. The highest BCUT2D eigenvalue weighted by atomic mass is 16.5. The quantitative estimate of drug-likeness (QED) is 0.722. The van der Waals surface area contributed by atoms with Gasteiger partial charge in [-0.25, -0.2) is 0 Å². The number of likely N-dealkylation sites (N-methyl/N-ethyl adjacent to an activating group) is 1. The number of rotatable bonds is 8. The maximum absolute atomic E-state index is 12.2. The Morgan fingerprint density at radius 3 is 2.63 bits per heavy atom. The lowest BCUT2D eigenvalue weighted by molar-refractivity contribution is -0.119. The summed E-state index contributed by atoms with van der Waals surface area (Å²) in [4.78, 5) is 14.4. The lowest BCUT2D eigenvalue weighted by Crippen LogP contribution is -2.31. The van der Waals surface area contributed by atoms with Crippen molar-refractivity contribution < 1.29 is 9.53 Å². The van der Waals surface area contributed by atoms with E-state index in [1.165, 1.54) is 0 Å². The molecule has 0 radical (unpaired) electrons. The Bertz CT molecular complexity index is 415. The number of Topliss-reactive ketones (excluding diaryl/α,β-unsaturated/α-hetero) is 1. The number of carbonyl (C=O) groups is 1. The Balaban J connectivity index is 2.71. The molecule has 0 aliphatic carbocycles. The first-order valence-corrected chi connectivity index (χ1v) is 6.98. The minimum absolute atomic E-state index is 0.253. The van der Waals surface area contributed by atoms with E-state index in [9.17, 15) is 4.79 Å². The number of carbonyl (C=O) groups excluding carboxylic acids is 1. The molecule has 3 nitrogen and oxygen atoms in total. The molecule has 0 heterocycles. The van der Waals surface area contributed by atoms with Crippen LogP contribution in [0.25, 0.3) is 0 Å². The van der Waals surface area contributed by atoms with E-state index in [1.807, 2.05) is 25.1 Å². The predicted molar refractivity (Wildman–Crippen MR) is 78.8 cm³/mol. The number of methoxy groups -OCH3 is 1. The lowest BCUT2D eigenvalue weighted by atomic mass is 10.0. The first-order valence-electron chi connectivity index (χ1n) is 6.98. The van der Waals surface area contributed by atoms with Gasteiger partial charge in [0.15, 0.2) is 5.78 Å². The maximum atomic E-state index is 12.2. The van der Waals surface area contributed by atoms with Crippen LogP contribution in [0.1, 0.15) is 31.4 Å². The lowest BCUT2D eigenvalue weighted by Gasteiger charge is -2.19. The molecule has 3 heteroatoms. The monoisotopic (exact) mass is 263 g/mol. The highest BCUT2D eigenvalue weighted by Crippen LogP contribution is 2.22. The fourth-order valence-electron chi connectivity index (χ4n) is 2.26. The van der Waals surface area contributed by atoms with Gasteiger partial charge < -0.3 is 4.74 Å². The molecule has 0 atom stereocenters. The smallest absolute Gasteiger partial charge is 0.151 e. The third kappa shape index (κ3) is 4.67. The molecule has 1 rings (SSSR count). The van der Waals surface area contributed by atoms with E-state index in [1.54, 1.807) is 7.11 Å². The summed E-state index contributed by atoms with van der Waals surface area (Å²) in [6.07, 6.45) is 1.53. The first-order chi connectivity index (χ1) is 9.12. The van der Waals surface area contributed by atoms with Crippen molar-refractivity contribution in [3.8, 4) is 5.75 Å². The molecule has 0 aliphatic rings. The molecule has 0 saturated heterocycles. The molecule has 19 heavy (non-hydrogen) atoms. The van der Waals surface area contributed by atoms with Crippen LogP contribution in [0.2, 0.25) is 0 Å². The van der Waals surface area contributed by atoms with Gasteiger partial charge in [-0.3, -0.25) is 9.69 Å². The summed E-state index contributed by atoms with van der Waals surface area (Å²) in [5.41, 5.74) is 2.13. The zero-order chi connectivity index (χ0) is 14.3. The number of ketones is 1. The Morgan fingerprint density at radius 1 is 1.32 bits per heavy atom. The van der Waals surface area contributed by atoms with Crippen LogP contribution in [-0.4, -0.2) is 37.4 Å². The normalized spacial score (nSPS) is 10.8. The molecule has 0 aromatic heterocycles. The standard InChI is InChI=1S/C16H25NO2/c1-5-10-17(6-2)12-14(18)11-15-13(3)8-7-9-16(15)19-4/h7-9H,5-6,10-12H2,1-4H3. The molecule has 0 fully saturated rings. The fourth-order valence-corrected chi connectivity index (χ4v) is 2.26. The minimum Gasteiger partial charge on any atom is -0.496 e. The van der Waals surface area contributed by atoms with Gasteiger partial charge in [-0.2, -0.15) is 0 Å². The Labute approximate surface area is 116 Å². The van der Waals surface area contributed by atoms with E-state index < -0.39 is 0 Å². The van der Waals surface area contributed by atoms with Crippen LogP contribution < -0.4 is 4.74 Å². The van der Waals surface area contributed by atoms with Gasteiger partial charge in [-0.15, -0.1) is 0 Å². The molecular weight excluding hydrogens is 238 g/mol. The molecule has 1 aromatic rings. The largest absolute Gasteiger partial charge is 0.496 e. The molecule has 0 unspecified atom stereocenters. The van der Waals surface area contributed by atoms with Crippen molar-refractivity contribution in [2.75, 3.05) is 26.7 Å². The first kappa shape index (κ1) is 15.7. The molecule has 0 saturated carbocycles. The molecule has 0 N–H and O–H groups in total. The van der Waals surface area contributed by atoms with Gasteiger partial charge in [0, 0.05) is 12.0 Å². The number of hydrogen-bond donors (Lipinski definition) is 0. The van der Waals surface area contributed by atoms with Gasteiger partial charge in [0.1, 0.15) is 5.75 Å². The van der Waals surface area contributed by atoms with Crippen molar-refractivity contribution in [2.24, 2.45) is 0 Å². The summed E-state index contributed by atoms with van der Waals surface area (Å²) in [5.74, 6) is 1.06. The number of aryl methyl sites for hydroxylation is 1. The van der Waals surface area contributed by atoms with Crippen molar-refractivity contribution in [1.82, 2.24) is 4.90 Å². The number of hydrogen-bond acceptors (Lipinski definition) is 3. The van der Waals surface area contributed by atoms with Crippen LogP contribution in [0.4, 0.5) is 0 Å². The van der Waals surface area contributed by atoms with Gasteiger partial charge >= 0.3 is 0 Å². The second kappa shape index (κ2) is 7.95. The van der Waals surface area contributed by atoms with Crippen molar-refractivity contribution in [3.63, 3.8) is 0 Å². The number of benzene rings is 1. The minimum atomic E-state index is 0.253. The van der Waals surface area contributed by atoms with Gasteiger partial charge in [0.05, 0.1) is 13.7 Å². The topological polar surface area (TPSA) is 29.5 Å². The van der Waals surface area contributed by atoms with E-state index in [0.717, 1.165) is 36.4 Å². The fraction of sp³-hybridized carbons (Fsp3) is 0.562. The molecule has 1 aromatic carbocycles. The Hall–Kier alpha value is -1.35. The average molecular weight is 263 g/mol. The predicted octanol–water partition coefficient (Wildman–Crippen LogP) is 2.85. The van der Waals surface area contributed by atoms with Crippen LogP contribution >= 0.6 is 0 Å². The SMILES string of the molecule is CCCN(CC)CC(=O)Cc1c(C)cccc1OC. The summed E-state index contributed by atoms with van der Waals surface area (Å²) in [7, 11) is 1.65. The summed E-state index contributed by atoms with van der Waals surface area (Å²) < 4.78 is 5.34. The van der Waals surface area contributed by atoms with E-state index in [-0.39, 0.29) is 5.78 Å². The van der Waals surface area contributed by atoms with Crippen LogP contribution in [0.15, 0.2) is 18.2 Å². The van der Waals surface area contributed by atoms with Gasteiger partial charge in [0.2, 0.25) is 0 Å². The highest BCUT2D eigenvalue weighted by Gasteiger charge is 2.13. The van der Waals surface area contributed by atoms with E-state index in [4.69, 9.17) is 4.74 Å². The van der Waals surface area contributed by atoms with E-state index >= 15 is 0 Å². The molecule has 106 valence electrons. The van der Waals surface area contributed by atoms with Crippen LogP contribution in [0.5, 0.6) is 5.75 Å². The number of nitrogens with zero attached hydrogens (tertiary/aromatic N) is 1. The van der Waals surface area contributed by atoms with Gasteiger partial charge in [-0.1, -0.05) is 26.0 Å². The highest BCUT2D eigenvalue weighted by molar-refractivity contribution is 5.83. The third-order valence-corrected chi connectivity index (χ3v) is 3.35. The van der Waals surface area contributed by atoms with Crippen molar-refractivity contribution in [3.05, 3.63) is 29.3 Å². The van der Waals surface area contributed by atoms with Crippen molar-refractivity contribution in [1.29, 1.82) is 0 Å². The van der Waals surface area contributed by atoms with Crippen molar-refractivity contribution in [2.45, 2.75) is 33.6 Å². The average Bonchev–Trinajstić information content (AvgIpc) is 2.40. The zero-order valence-corrected chi connectivity index (χ0v) is 12.5. The molecule has 0 amide bonds. The zero-order valence-electron chi connectivity index (χ0n) is 12.5. The van der Waals surface area contributed by atoms with Crippen LogP contribution in [-0.2, 0) is 11.2 Å². The van der Waals surface area contributed by atoms with Crippen LogP contribution in [0, 0.1) is 6.92 Å². The molecule has 0 spiro atoms. The summed E-state index contributed by atoms with van der Waals surface area (Å²) in [6.45, 7) is 8.68. The second-order valence-electron chi connectivity index (χ2n) is 4.84. The molecule has 0 aliphatic heterocycles. The third-order valence-electron chi connectivity index (χ3n) is 3.35. The Morgan fingerprint density at radius 2 is 2.05 bits per heavy atom. The van der Waals surface area contributed by atoms with E-state index in [2.05, 4.69) is 18.7 Å². The molecule has 0 bridgehead atoms. The van der Waals surface area contributed by atoms with E-state index in [0.29, 0.717) is 13.0 Å². The Kier molecular flexibility index (Phi) is 6.57. The van der Waals surface area contributed by atoms with Crippen molar-refractivity contribution >= 4 is 5.78 Å². The maximum Gasteiger partial charge on any atom is 0.151 e. The summed E-state index contributed by atoms with van der Waals surface area (Å²) in [6, 6.07) is 5.89.